The maximum atomic E-state index is 5.79. The summed E-state index contributed by atoms with van der Waals surface area (Å²) in [5.41, 5.74) is 2.37. The van der Waals surface area contributed by atoms with E-state index < -0.39 is 0 Å². The van der Waals surface area contributed by atoms with E-state index in [1.54, 1.807) is 0 Å². The van der Waals surface area contributed by atoms with Gasteiger partial charge in [0, 0.05) is 0 Å². The molecule has 0 amide bonds. The Morgan fingerprint density at radius 3 is 2.69 bits per heavy atom. The zero-order chi connectivity index (χ0) is 9.84. The molecule has 0 N–H and O–H groups in total. The van der Waals surface area contributed by atoms with Crippen LogP contribution in [0.3, 0.4) is 0 Å². The first kappa shape index (κ1) is 10.4. The number of benzene rings is 1. The van der Waals surface area contributed by atoms with Gasteiger partial charge in [0.05, 0.1) is 5.38 Å². The van der Waals surface area contributed by atoms with Gasteiger partial charge in [-0.1, -0.05) is 12.1 Å². The molecule has 72 valence electrons. The third kappa shape index (κ3) is 3.27. The van der Waals surface area contributed by atoms with Crippen molar-refractivity contribution in [2.75, 3.05) is 6.61 Å². The maximum Gasteiger partial charge on any atom is 0.122 e. The van der Waals surface area contributed by atoms with E-state index in [4.69, 9.17) is 16.3 Å². The molecule has 0 heterocycles. The summed E-state index contributed by atoms with van der Waals surface area (Å²) in [6.45, 7) is 6.57. The Bertz CT molecular complexity index is 281. The van der Waals surface area contributed by atoms with Crippen LogP contribution < -0.4 is 4.74 Å². The Labute approximate surface area is 84.7 Å². The van der Waals surface area contributed by atoms with Crippen LogP contribution >= 0.6 is 11.6 Å². The second kappa shape index (κ2) is 4.52. The van der Waals surface area contributed by atoms with Gasteiger partial charge in [0.1, 0.15) is 12.4 Å². The maximum absolute atomic E-state index is 5.79. The third-order valence-corrected chi connectivity index (χ3v) is 1.94. The van der Waals surface area contributed by atoms with Gasteiger partial charge in [0.15, 0.2) is 0 Å². The summed E-state index contributed by atoms with van der Waals surface area (Å²) < 4.78 is 5.55. The molecule has 0 bridgehead atoms. The third-order valence-electron chi connectivity index (χ3n) is 1.81. The van der Waals surface area contributed by atoms with Gasteiger partial charge in [-0.2, -0.15) is 0 Å². The lowest BCUT2D eigenvalue weighted by Gasteiger charge is -2.10. The summed E-state index contributed by atoms with van der Waals surface area (Å²) in [6, 6.07) is 6.17. The first-order valence-corrected chi connectivity index (χ1v) is 4.87. The number of hydrogen-bond acceptors (Lipinski definition) is 1. The molecule has 1 unspecified atom stereocenters. The molecule has 1 aromatic carbocycles. The summed E-state index contributed by atoms with van der Waals surface area (Å²) in [4.78, 5) is 0. The molecule has 0 fully saturated rings. The first-order valence-electron chi connectivity index (χ1n) is 4.43. The molecule has 0 radical (unpaired) electrons. The molecule has 0 aliphatic rings. The van der Waals surface area contributed by atoms with Crippen molar-refractivity contribution >= 4 is 11.6 Å². The van der Waals surface area contributed by atoms with E-state index in [9.17, 15) is 0 Å². The van der Waals surface area contributed by atoms with Crippen molar-refractivity contribution in [3.05, 3.63) is 29.3 Å². The van der Waals surface area contributed by atoms with E-state index in [1.165, 1.54) is 5.56 Å². The predicted molar refractivity (Wildman–Crippen MR) is 56.7 cm³/mol. The first-order chi connectivity index (χ1) is 6.09. The second-order valence-electron chi connectivity index (χ2n) is 3.36. The normalized spacial score (nSPS) is 12.6. The van der Waals surface area contributed by atoms with Crippen molar-refractivity contribution in [2.45, 2.75) is 26.1 Å². The van der Waals surface area contributed by atoms with E-state index in [0.29, 0.717) is 6.61 Å². The van der Waals surface area contributed by atoms with Gasteiger partial charge in [-0.15, -0.1) is 11.6 Å². The number of ether oxygens (including phenoxy) is 1. The Balaban J connectivity index is 2.70. The minimum Gasteiger partial charge on any atom is -0.492 e. The van der Waals surface area contributed by atoms with E-state index in [1.807, 2.05) is 19.9 Å². The minimum atomic E-state index is 0.0555. The zero-order valence-corrected chi connectivity index (χ0v) is 9.06. The fourth-order valence-electron chi connectivity index (χ4n) is 1.07. The summed E-state index contributed by atoms with van der Waals surface area (Å²) in [7, 11) is 0. The highest BCUT2D eigenvalue weighted by Gasteiger charge is 2.01. The van der Waals surface area contributed by atoms with E-state index in [2.05, 4.69) is 19.1 Å². The molecule has 0 spiro atoms. The Hall–Kier alpha value is -0.690. The molecule has 2 heteroatoms. The van der Waals surface area contributed by atoms with Crippen LogP contribution in [0.4, 0.5) is 0 Å². The summed E-state index contributed by atoms with van der Waals surface area (Å²) >= 11 is 5.79. The van der Waals surface area contributed by atoms with Crippen LogP contribution in [0.5, 0.6) is 5.75 Å². The average molecular weight is 199 g/mol. The van der Waals surface area contributed by atoms with E-state index in [-0.39, 0.29) is 5.38 Å². The lowest BCUT2D eigenvalue weighted by molar-refractivity contribution is 0.318. The largest absolute Gasteiger partial charge is 0.492 e. The van der Waals surface area contributed by atoms with Crippen molar-refractivity contribution in [1.82, 2.24) is 0 Å². The fourth-order valence-corrected chi connectivity index (χ4v) is 1.13. The summed E-state index contributed by atoms with van der Waals surface area (Å²) in [5, 5.41) is 0.0555. The summed E-state index contributed by atoms with van der Waals surface area (Å²) in [5.74, 6) is 0.938. The Morgan fingerprint density at radius 1 is 1.38 bits per heavy atom. The number of hydrogen-bond donors (Lipinski definition) is 0. The van der Waals surface area contributed by atoms with Crippen LogP contribution in [0.2, 0.25) is 0 Å². The standard InChI is InChI=1S/C11H15ClO/c1-8-4-5-9(2)11(6-8)13-7-10(3)12/h4-6,10H,7H2,1-3H3. The molecular formula is C11H15ClO. The lowest BCUT2D eigenvalue weighted by Crippen LogP contribution is -2.08. The highest BCUT2D eigenvalue weighted by molar-refractivity contribution is 6.20. The van der Waals surface area contributed by atoms with Crippen molar-refractivity contribution in [3.8, 4) is 5.75 Å². The zero-order valence-electron chi connectivity index (χ0n) is 8.30. The van der Waals surface area contributed by atoms with Gasteiger partial charge in [-0.05, 0) is 38.0 Å². The van der Waals surface area contributed by atoms with Crippen LogP contribution in [-0.4, -0.2) is 12.0 Å². The molecule has 13 heavy (non-hydrogen) atoms. The lowest BCUT2D eigenvalue weighted by atomic mass is 10.1. The van der Waals surface area contributed by atoms with Crippen LogP contribution in [-0.2, 0) is 0 Å². The molecule has 0 saturated carbocycles. The van der Waals surface area contributed by atoms with Gasteiger partial charge in [-0.25, -0.2) is 0 Å². The van der Waals surface area contributed by atoms with E-state index >= 15 is 0 Å². The molecule has 1 aromatic rings. The number of halogens is 1. The van der Waals surface area contributed by atoms with Gasteiger partial charge in [-0.3, -0.25) is 0 Å². The molecule has 0 saturated heterocycles. The predicted octanol–water partition coefficient (Wildman–Crippen LogP) is 3.31. The molecule has 1 nitrogen and oxygen atoms in total. The van der Waals surface area contributed by atoms with Gasteiger partial charge in [0.2, 0.25) is 0 Å². The molecule has 0 aromatic heterocycles. The number of alkyl halides is 1. The van der Waals surface area contributed by atoms with Crippen LogP contribution in [0, 0.1) is 13.8 Å². The van der Waals surface area contributed by atoms with Gasteiger partial charge < -0.3 is 4.74 Å². The highest BCUT2D eigenvalue weighted by atomic mass is 35.5. The topological polar surface area (TPSA) is 9.23 Å². The molecule has 0 aliphatic carbocycles. The fraction of sp³-hybridized carbons (Fsp3) is 0.455. The molecule has 0 aliphatic heterocycles. The van der Waals surface area contributed by atoms with Crippen molar-refractivity contribution in [3.63, 3.8) is 0 Å². The van der Waals surface area contributed by atoms with Crippen LogP contribution in [0.15, 0.2) is 18.2 Å². The molecule has 1 atom stereocenters. The molecular weight excluding hydrogens is 184 g/mol. The Kier molecular flexibility index (Phi) is 3.61. The average Bonchev–Trinajstić information content (AvgIpc) is 2.06. The highest BCUT2D eigenvalue weighted by Crippen LogP contribution is 2.19. The van der Waals surface area contributed by atoms with E-state index in [0.717, 1.165) is 11.3 Å². The molecule has 1 rings (SSSR count). The SMILES string of the molecule is Cc1ccc(C)c(OCC(C)Cl)c1. The number of rotatable bonds is 3. The monoisotopic (exact) mass is 198 g/mol. The quantitative estimate of drug-likeness (QED) is 0.678. The smallest absolute Gasteiger partial charge is 0.122 e. The summed E-state index contributed by atoms with van der Waals surface area (Å²) in [6.07, 6.45) is 0. The Morgan fingerprint density at radius 2 is 2.08 bits per heavy atom. The van der Waals surface area contributed by atoms with Crippen LogP contribution in [0.25, 0.3) is 0 Å². The van der Waals surface area contributed by atoms with Crippen molar-refractivity contribution in [1.29, 1.82) is 0 Å². The van der Waals surface area contributed by atoms with Gasteiger partial charge in [0.25, 0.3) is 0 Å². The van der Waals surface area contributed by atoms with Crippen molar-refractivity contribution in [2.24, 2.45) is 0 Å². The van der Waals surface area contributed by atoms with Crippen molar-refractivity contribution < 1.29 is 4.74 Å². The van der Waals surface area contributed by atoms with Gasteiger partial charge >= 0.3 is 0 Å². The van der Waals surface area contributed by atoms with Crippen LogP contribution in [0.1, 0.15) is 18.1 Å². The minimum absolute atomic E-state index is 0.0555. The second-order valence-corrected chi connectivity index (χ2v) is 4.11. The number of aryl methyl sites for hydroxylation is 2.